The van der Waals surface area contributed by atoms with Crippen molar-refractivity contribution in [2.75, 3.05) is 18.7 Å². The van der Waals surface area contributed by atoms with Gasteiger partial charge >= 0.3 is 0 Å². The fourth-order valence-corrected chi connectivity index (χ4v) is 4.76. The van der Waals surface area contributed by atoms with E-state index in [0.717, 1.165) is 27.7 Å². The van der Waals surface area contributed by atoms with Crippen LogP contribution in [0.3, 0.4) is 0 Å². The van der Waals surface area contributed by atoms with Crippen LogP contribution in [0, 0.1) is 5.92 Å². The summed E-state index contributed by atoms with van der Waals surface area (Å²) in [5.74, 6) is 1.04. The minimum Gasteiger partial charge on any atom is -0.495 e. The molecule has 2 aromatic carbocycles. The zero-order valence-corrected chi connectivity index (χ0v) is 18.3. The second kappa shape index (κ2) is 7.31. The van der Waals surface area contributed by atoms with Gasteiger partial charge in [-0.05, 0) is 36.2 Å². The molecule has 0 bridgehead atoms. The Balaban J connectivity index is 1.76. The SMILES string of the molecule is COc1ccc(S(C)(=O)=O)cc1Nc1nc2c(ccc3c2cnn3CC(C)C)s1. The lowest BCUT2D eigenvalue weighted by Gasteiger charge is -2.10. The highest BCUT2D eigenvalue weighted by Gasteiger charge is 2.15. The van der Waals surface area contributed by atoms with E-state index in [9.17, 15) is 8.42 Å². The van der Waals surface area contributed by atoms with Crippen LogP contribution in [0.15, 0.2) is 41.4 Å². The van der Waals surface area contributed by atoms with Gasteiger partial charge in [-0.2, -0.15) is 5.10 Å². The van der Waals surface area contributed by atoms with Gasteiger partial charge in [0.25, 0.3) is 0 Å². The summed E-state index contributed by atoms with van der Waals surface area (Å²) < 4.78 is 32.2. The van der Waals surface area contributed by atoms with Crippen molar-refractivity contribution < 1.29 is 13.2 Å². The van der Waals surface area contributed by atoms with Gasteiger partial charge in [-0.25, -0.2) is 13.4 Å². The number of rotatable bonds is 6. The molecule has 4 rings (SSSR count). The first-order valence-electron chi connectivity index (χ1n) is 9.16. The van der Waals surface area contributed by atoms with Crippen molar-refractivity contribution in [2.45, 2.75) is 25.3 Å². The molecule has 2 heterocycles. The van der Waals surface area contributed by atoms with Gasteiger partial charge in [0.15, 0.2) is 15.0 Å². The molecule has 4 aromatic rings. The molecule has 0 saturated carbocycles. The van der Waals surface area contributed by atoms with Crippen molar-refractivity contribution in [2.24, 2.45) is 5.92 Å². The molecule has 7 nitrogen and oxygen atoms in total. The number of nitrogens with one attached hydrogen (secondary N) is 1. The van der Waals surface area contributed by atoms with E-state index in [4.69, 9.17) is 9.72 Å². The van der Waals surface area contributed by atoms with Gasteiger partial charge in [0.05, 0.1) is 39.6 Å². The molecule has 0 spiro atoms. The monoisotopic (exact) mass is 430 g/mol. The van der Waals surface area contributed by atoms with Crippen LogP contribution in [-0.2, 0) is 16.4 Å². The third-order valence-electron chi connectivity index (χ3n) is 4.56. The van der Waals surface area contributed by atoms with E-state index in [2.05, 4.69) is 30.3 Å². The van der Waals surface area contributed by atoms with Gasteiger partial charge in [0.2, 0.25) is 0 Å². The van der Waals surface area contributed by atoms with Crippen LogP contribution in [0.4, 0.5) is 10.8 Å². The molecule has 0 radical (unpaired) electrons. The Morgan fingerprint density at radius 2 is 2.03 bits per heavy atom. The Kier molecular flexibility index (Phi) is 4.95. The second-order valence-corrected chi connectivity index (χ2v) is 10.4. The molecule has 0 aliphatic rings. The number of methoxy groups -OCH3 is 1. The minimum atomic E-state index is -3.33. The predicted octanol–water partition coefficient (Wildman–Crippen LogP) is 4.46. The Morgan fingerprint density at radius 3 is 2.72 bits per heavy atom. The first kappa shape index (κ1) is 19.7. The summed E-state index contributed by atoms with van der Waals surface area (Å²) in [5.41, 5.74) is 2.49. The number of sulfone groups is 1. The number of ether oxygens (including phenoxy) is 1. The highest BCUT2D eigenvalue weighted by molar-refractivity contribution is 7.90. The molecule has 0 unspecified atom stereocenters. The Bertz CT molecular complexity index is 1310. The van der Waals surface area contributed by atoms with E-state index in [1.54, 1.807) is 19.2 Å². The molecular weight excluding hydrogens is 408 g/mol. The largest absolute Gasteiger partial charge is 0.495 e. The van der Waals surface area contributed by atoms with Gasteiger partial charge in [-0.3, -0.25) is 4.68 Å². The van der Waals surface area contributed by atoms with Gasteiger partial charge in [0.1, 0.15) is 5.75 Å². The van der Waals surface area contributed by atoms with Crippen LogP contribution in [0.1, 0.15) is 13.8 Å². The maximum Gasteiger partial charge on any atom is 0.188 e. The molecule has 9 heteroatoms. The molecule has 2 aromatic heterocycles. The number of nitrogens with zero attached hydrogens (tertiary/aromatic N) is 3. The standard InChI is InChI=1S/C20H22N4O3S2/c1-12(2)11-24-16-6-8-18-19(14(16)10-21-24)23-20(28-18)22-15-9-13(29(4,25)26)5-7-17(15)27-3/h5-10,12H,11H2,1-4H3,(H,22,23). The number of hydrogen-bond acceptors (Lipinski definition) is 7. The maximum atomic E-state index is 11.9. The van der Waals surface area contributed by atoms with Crippen LogP contribution in [0.2, 0.25) is 0 Å². The van der Waals surface area contributed by atoms with Crippen molar-refractivity contribution in [3.8, 4) is 5.75 Å². The minimum absolute atomic E-state index is 0.222. The first-order chi connectivity index (χ1) is 13.8. The molecule has 29 heavy (non-hydrogen) atoms. The molecule has 0 aliphatic carbocycles. The topological polar surface area (TPSA) is 86.1 Å². The zero-order valence-electron chi connectivity index (χ0n) is 16.6. The molecule has 0 atom stereocenters. The molecule has 152 valence electrons. The summed E-state index contributed by atoms with van der Waals surface area (Å²) >= 11 is 1.50. The summed E-state index contributed by atoms with van der Waals surface area (Å²) in [6.07, 6.45) is 3.04. The normalized spacial score (nSPS) is 12.2. The summed E-state index contributed by atoms with van der Waals surface area (Å²) in [5, 5.41) is 9.40. The lowest BCUT2D eigenvalue weighted by Crippen LogP contribution is -2.05. The van der Waals surface area contributed by atoms with Crippen molar-refractivity contribution in [1.82, 2.24) is 14.8 Å². The van der Waals surface area contributed by atoms with E-state index in [1.165, 1.54) is 23.7 Å². The number of benzene rings is 2. The maximum absolute atomic E-state index is 11.9. The van der Waals surface area contributed by atoms with Gasteiger partial charge in [-0.1, -0.05) is 25.2 Å². The third kappa shape index (κ3) is 3.79. The number of thiazole rings is 1. The number of fused-ring (bicyclic) bond motifs is 3. The van der Waals surface area contributed by atoms with Crippen molar-refractivity contribution >= 4 is 53.1 Å². The molecular formula is C20H22N4O3S2. The highest BCUT2D eigenvalue weighted by atomic mass is 32.2. The predicted molar refractivity (Wildman–Crippen MR) is 117 cm³/mol. The van der Waals surface area contributed by atoms with Gasteiger partial charge in [-0.15, -0.1) is 0 Å². The van der Waals surface area contributed by atoms with Crippen molar-refractivity contribution in [1.29, 1.82) is 0 Å². The quantitative estimate of drug-likeness (QED) is 0.486. The molecule has 0 saturated heterocycles. The zero-order chi connectivity index (χ0) is 20.8. The summed E-state index contributed by atoms with van der Waals surface area (Å²) in [4.78, 5) is 4.97. The summed E-state index contributed by atoms with van der Waals surface area (Å²) in [6.45, 7) is 5.17. The van der Waals surface area contributed by atoms with Crippen LogP contribution < -0.4 is 10.1 Å². The van der Waals surface area contributed by atoms with Crippen LogP contribution >= 0.6 is 11.3 Å². The van der Waals surface area contributed by atoms with Gasteiger partial charge in [0, 0.05) is 18.2 Å². The lowest BCUT2D eigenvalue weighted by molar-refractivity contribution is 0.416. The third-order valence-corrected chi connectivity index (χ3v) is 6.61. The molecule has 0 amide bonds. The fourth-order valence-electron chi connectivity index (χ4n) is 3.22. The first-order valence-corrected chi connectivity index (χ1v) is 11.9. The average molecular weight is 431 g/mol. The van der Waals surface area contributed by atoms with E-state index in [1.807, 2.05) is 16.9 Å². The van der Waals surface area contributed by atoms with Crippen LogP contribution in [-0.4, -0.2) is 36.5 Å². The van der Waals surface area contributed by atoms with E-state index >= 15 is 0 Å². The second-order valence-electron chi connectivity index (χ2n) is 7.34. The fraction of sp³-hybridized carbons (Fsp3) is 0.300. The Morgan fingerprint density at radius 1 is 1.24 bits per heavy atom. The lowest BCUT2D eigenvalue weighted by atomic mass is 10.2. The smallest absolute Gasteiger partial charge is 0.188 e. The number of aromatic nitrogens is 3. The van der Waals surface area contributed by atoms with E-state index < -0.39 is 9.84 Å². The average Bonchev–Trinajstić information content (AvgIpc) is 3.24. The van der Waals surface area contributed by atoms with Gasteiger partial charge < -0.3 is 10.1 Å². The number of anilines is 2. The van der Waals surface area contributed by atoms with Crippen molar-refractivity contribution in [3.63, 3.8) is 0 Å². The molecule has 0 fully saturated rings. The Labute approximate surface area is 173 Å². The van der Waals surface area contributed by atoms with E-state index in [-0.39, 0.29) is 4.90 Å². The van der Waals surface area contributed by atoms with Crippen LogP contribution in [0.5, 0.6) is 5.75 Å². The van der Waals surface area contributed by atoms with Crippen LogP contribution in [0.25, 0.3) is 21.1 Å². The molecule has 1 N–H and O–H groups in total. The van der Waals surface area contributed by atoms with Crippen molar-refractivity contribution in [3.05, 3.63) is 36.5 Å². The summed E-state index contributed by atoms with van der Waals surface area (Å²) in [7, 11) is -1.78. The highest BCUT2D eigenvalue weighted by Crippen LogP contribution is 2.36. The van der Waals surface area contributed by atoms with E-state index in [0.29, 0.717) is 22.5 Å². The number of hydrogen-bond donors (Lipinski definition) is 1. The Hall–Kier alpha value is -2.65. The molecule has 0 aliphatic heterocycles. The summed E-state index contributed by atoms with van der Waals surface area (Å²) in [6, 6.07) is 8.85.